The molecule has 2 aromatic rings. The van der Waals surface area contributed by atoms with Gasteiger partial charge >= 0.3 is 0 Å². The highest BCUT2D eigenvalue weighted by molar-refractivity contribution is 6.35. The average molecular weight is 407 g/mol. The number of quaternary nitrogens is 1. The van der Waals surface area contributed by atoms with Gasteiger partial charge in [0.25, 0.3) is 5.91 Å². The van der Waals surface area contributed by atoms with Crippen LogP contribution in [-0.2, 0) is 9.59 Å². The molecule has 1 saturated heterocycles. The van der Waals surface area contributed by atoms with Gasteiger partial charge in [0.05, 0.1) is 26.2 Å². The SMILES string of the molecule is CC(=O)N1CC[NH+]([C@H](C(=O)Nc2cc(Cl)cc(Cl)c2)c2ccccc2)CC1. The van der Waals surface area contributed by atoms with E-state index >= 15 is 0 Å². The van der Waals surface area contributed by atoms with Crippen molar-refractivity contribution in [1.82, 2.24) is 4.90 Å². The van der Waals surface area contributed by atoms with E-state index in [-0.39, 0.29) is 17.9 Å². The van der Waals surface area contributed by atoms with Crippen LogP contribution in [0.1, 0.15) is 18.5 Å². The number of amides is 2. The summed E-state index contributed by atoms with van der Waals surface area (Å²) in [6.45, 7) is 4.29. The van der Waals surface area contributed by atoms with Crippen LogP contribution in [0.5, 0.6) is 0 Å². The minimum absolute atomic E-state index is 0.0725. The Bertz CT molecular complexity index is 801. The summed E-state index contributed by atoms with van der Waals surface area (Å²) >= 11 is 12.1. The zero-order valence-electron chi connectivity index (χ0n) is 15.0. The molecule has 1 fully saturated rings. The maximum absolute atomic E-state index is 13.2. The molecule has 0 aliphatic carbocycles. The number of benzene rings is 2. The summed E-state index contributed by atoms with van der Waals surface area (Å²) in [5.74, 6) is -0.0471. The highest BCUT2D eigenvalue weighted by atomic mass is 35.5. The highest BCUT2D eigenvalue weighted by Crippen LogP contribution is 2.23. The number of hydrogen-bond acceptors (Lipinski definition) is 2. The molecule has 2 aromatic carbocycles. The maximum Gasteiger partial charge on any atom is 0.287 e. The number of hydrogen-bond donors (Lipinski definition) is 2. The summed E-state index contributed by atoms with van der Waals surface area (Å²) < 4.78 is 0. The van der Waals surface area contributed by atoms with E-state index in [0.29, 0.717) is 41.9 Å². The summed E-state index contributed by atoms with van der Waals surface area (Å²) in [6, 6.07) is 14.3. The fourth-order valence-electron chi connectivity index (χ4n) is 3.46. The number of nitrogens with one attached hydrogen (secondary N) is 2. The second-order valence-electron chi connectivity index (χ2n) is 6.66. The van der Waals surface area contributed by atoms with E-state index in [0.717, 1.165) is 10.5 Å². The van der Waals surface area contributed by atoms with Gasteiger partial charge in [-0.1, -0.05) is 53.5 Å². The van der Waals surface area contributed by atoms with Crippen molar-refractivity contribution in [1.29, 1.82) is 0 Å². The van der Waals surface area contributed by atoms with Crippen LogP contribution in [0.4, 0.5) is 5.69 Å². The zero-order valence-corrected chi connectivity index (χ0v) is 16.6. The van der Waals surface area contributed by atoms with E-state index in [1.165, 1.54) is 0 Å². The van der Waals surface area contributed by atoms with Gasteiger partial charge < -0.3 is 15.1 Å². The molecule has 7 heteroatoms. The molecule has 1 aliphatic rings. The summed E-state index contributed by atoms with van der Waals surface area (Å²) in [7, 11) is 0. The lowest BCUT2D eigenvalue weighted by Gasteiger charge is -2.35. The van der Waals surface area contributed by atoms with Gasteiger partial charge in [0.1, 0.15) is 0 Å². The van der Waals surface area contributed by atoms with Gasteiger partial charge in [0.15, 0.2) is 6.04 Å². The predicted molar refractivity (Wildman–Crippen MR) is 107 cm³/mol. The molecular formula is C20H22Cl2N3O2+. The molecule has 2 N–H and O–H groups in total. The van der Waals surface area contributed by atoms with E-state index in [2.05, 4.69) is 5.32 Å². The lowest BCUT2D eigenvalue weighted by Crippen LogP contribution is -3.16. The van der Waals surface area contributed by atoms with E-state index in [1.807, 2.05) is 35.2 Å². The lowest BCUT2D eigenvalue weighted by molar-refractivity contribution is -0.925. The maximum atomic E-state index is 13.2. The number of rotatable bonds is 4. The van der Waals surface area contributed by atoms with Crippen LogP contribution in [0.2, 0.25) is 10.0 Å². The first-order valence-corrected chi connectivity index (χ1v) is 9.61. The quantitative estimate of drug-likeness (QED) is 0.818. The van der Waals surface area contributed by atoms with Crippen LogP contribution >= 0.6 is 23.2 Å². The molecule has 27 heavy (non-hydrogen) atoms. The molecule has 0 radical (unpaired) electrons. The Labute approximate surface area is 168 Å². The first kappa shape index (κ1) is 19.7. The number of anilines is 1. The minimum Gasteiger partial charge on any atom is -0.332 e. The topological polar surface area (TPSA) is 53.9 Å². The molecule has 0 unspecified atom stereocenters. The Kier molecular flexibility index (Phi) is 6.37. The zero-order chi connectivity index (χ0) is 19.4. The van der Waals surface area contributed by atoms with E-state index in [1.54, 1.807) is 25.1 Å². The Morgan fingerprint density at radius 3 is 2.19 bits per heavy atom. The van der Waals surface area contributed by atoms with Crippen molar-refractivity contribution in [3.05, 3.63) is 64.1 Å². The molecule has 142 valence electrons. The third-order valence-electron chi connectivity index (χ3n) is 4.78. The fourth-order valence-corrected chi connectivity index (χ4v) is 3.98. The first-order chi connectivity index (χ1) is 12.9. The summed E-state index contributed by atoms with van der Waals surface area (Å²) in [6.07, 6.45) is 0. The Hall–Kier alpha value is -2.08. The third-order valence-corrected chi connectivity index (χ3v) is 5.22. The van der Waals surface area contributed by atoms with Crippen molar-refractivity contribution in [2.45, 2.75) is 13.0 Å². The van der Waals surface area contributed by atoms with E-state index in [4.69, 9.17) is 23.2 Å². The second-order valence-corrected chi connectivity index (χ2v) is 7.53. The summed E-state index contributed by atoms with van der Waals surface area (Å²) in [4.78, 5) is 27.7. The Balaban J connectivity index is 1.82. The van der Waals surface area contributed by atoms with Crippen LogP contribution in [-0.4, -0.2) is 42.9 Å². The van der Waals surface area contributed by atoms with Crippen molar-refractivity contribution in [2.75, 3.05) is 31.5 Å². The van der Waals surface area contributed by atoms with E-state index in [9.17, 15) is 9.59 Å². The van der Waals surface area contributed by atoms with Crippen LogP contribution in [0, 0.1) is 0 Å². The van der Waals surface area contributed by atoms with Crippen LogP contribution in [0.3, 0.4) is 0 Å². The van der Waals surface area contributed by atoms with E-state index < -0.39 is 0 Å². The number of piperazine rings is 1. The van der Waals surface area contributed by atoms with Crippen LogP contribution in [0.25, 0.3) is 0 Å². The van der Waals surface area contributed by atoms with Gasteiger partial charge in [0, 0.05) is 28.2 Å². The molecule has 0 bridgehead atoms. The standard InChI is InChI=1S/C20H21Cl2N3O2/c1-14(26)24-7-9-25(10-8-24)19(15-5-3-2-4-6-15)20(27)23-18-12-16(21)11-17(22)13-18/h2-6,11-13,19H,7-10H2,1H3,(H,23,27)/p+1/t19-/m0/s1. The number of halogens is 2. The monoisotopic (exact) mass is 406 g/mol. The molecule has 2 amide bonds. The molecule has 1 heterocycles. The molecule has 5 nitrogen and oxygen atoms in total. The molecule has 1 atom stereocenters. The Morgan fingerprint density at radius 2 is 1.63 bits per heavy atom. The number of carbonyl (C=O) groups is 2. The smallest absolute Gasteiger partial charge is 0.287 e. The molecular weight excluding hydrogens is 385 g/mol. The van der Waals surface area contributed by atoms with Crippen LogP contribution in [0.15, 0.2) is 48.5 Å². The fraction of sp³-hybridized carbons (Fsp3) is 0.300. The van der Waals surface area contributed by atoms with Gasteiger partial charge in [-0.25, -0.2) is 0 Å². The first-order valence-electron chi connectivity index (χ1n) is 8.86. The minimum atomic E-state index is -0.377. The normalized spacial score (nSPS) is 16.0. The predicted octanol–water partition coefficient (Wildman–Crippen LogP) is 2.42. The second kappa shape index (κ2) is 8.74. The molecule has 1 aliphatic heterocycles. The number of nitrogens with zero attached hydrogens (tertiary/aromatic N) is 1. The van der Waals surface area contributed by atoms with Gasteiger partial charge in [-0.15, -0.1) is 0 Å². The van der Waals surface area contributed by atoms with Crippen molar-refractivity contribution in [2.24, 2.45) is 0 Å². The van der Waals surface area contributed by atoms with Gasteiger partial charge in [-0.05, 0) is 18.2 Å². The molecule has 0 saturated carbocycles. The highest BCUT2D eigenvalue weighted by Gasteiger charge is 2.34. The largest absolute Gasteiger partial charge is 0.332 e. The summed E-state index contributed by atoms with van der Waals surface area (Å²) in [5, 5.41) is 3.88. The van der Waals surface area contributed by atoms with Crippen molar-refractivity contribution in [3.8, 4) is 0 Å². The lowest BCUT2D eigenvalue weighted by atomic mass is 10.0. The average Bonchev–Trinajstić information content (AvgIpc) is 2.62. The Morgan fingerprint density at radius 1 is 1.04 bits per heavy atom. The van der Waals surface area contributed by atoms with Gasteiger partial charge in [-0.3, -0.25) is 9.59 Å². The van der Waals surface area contributed by atoms with Gasteiger partial charge in [-0.2, -0.15) is 0 Å². The van der Waals surface area contributed by atoms with Crippen molar-refractivity contribution < 1.29 is 14.5 Å². The van der Waals surface area contributed by atoms with Crippen molar-refractivity contribution in [3.63, 3.8) is 0 Å². The van der Waals surface area contributed by atoms with Gasteiger partial charge in [0.2, 0.25) is 5.91 Å². The third kappa shape index (κ3) is 5.01. The number of carbonyl (C=O) groups excluding carboxylic acids is 2. The molecule has 0 aromatic heterocycles. The molecule has 0 spiro atoms. The summed E-state index contributed by atoms with van der Waals surface area (Å²) in [5.41, 5.74) is 1.51. The molecule has 3 rings (SSSR count). The van der Waals surface area contributed by atoms with Crippen molar-refractivity contribution >= 4 is 40.7 Å². The van der Waals surface area contributed by atoms with Crippen LogP contribution < -0.4 is 10.2 Å².